The van der Waals surface area contributed by atoms with Crippen LogP contribution in [0.5, 0.6) is 0 Å². The van der Waals surface area contributed by atoms with E-state index in [1.54, 1.807) is 13.8 Å². The predicted molar refractivity (Wildman–Crippen MR) is 114 cm³/mol. The molecule has 1 aliphatic heterocycles. The number of carbonyl (C=O) groups excluding carboxylic acids is 1. The van der Waals surface area contributed by atoms with E-state index in [4.69, 9.17) is 4.74 Å². The van der Waals surface area contributed by atoms with E-state index in [1.807, 2.05) is 32.2 Å². The molecule has 0 spiro atoms. The van der Waals surface area contributed by atoms with Gasteiger partial charge in [-0.2, -0.15) is 5.26 Å². The van der Waals surface area contributed by atoms with Crippen LogP contribution in [0.1, 0.15) is 44.4 Å². The van der Waals surface area contributed by atoms with Crippen LogP contribution in [0.15, 0.2) is 24.3 Å². The van der Waals surface area contributed by atoms with Crippen molar-refractivity contribution in [3.8, 4) is 6.07 Å². The first-order chi connectivity index (χ1) is 14.2. The summed E-state index contributed by atoms with van der Waals surface area (Å²) in [5.41, 5.74) is 2.36. The van der Waals surface area contributed by atoms with Crippen molar-refractivity contribution in [2.75, 3.05) is 13.6 Å². The fourth-order valence-corrected chi connectivity index (χ4v) is 5.08. The Hall–Kier alpha value is -2.56. The SMILES string of the molecule is CC(C)OC(=O)NC1Cc2c(c3ccccc3n2CC2N(C)CCC2(C)O)C1C#N. The maximum absolute atomic E-state index is 12.2. The lowest BCUT2D eigenvalue weighted by Gasteiger charge is -2.30. The summed E-state index contributed by atoms with van der Waals surface area (Å²) in [6.07, 6.45) is 0.592. The molecule has 1 fully saturated rings. The highest BCUT2D eigenvalue weighted by Gasteiger charge is 2.43. The third kappa shape index (κ3) is 3.44. The van der Waals surface area contributed by atoms with E-state index in [-0.39, 0.29) is 18.2 Å². The molecule has 1 amide bonds. The van der Waals surface area contributed by atoms with Gasteiger partial charge in [-0.05, 0) is 40.3 Å². The second-order valence-electron chi connectivity index (χ2n) is 9.11. The van der Waals surface area contributed by atoms with Crippen LogP contribution in [-0.4, -0.2) is 58.0 Å². The Kier molecular flexibility index (Phi) is 5.25. The van der Waals surface area contributed by atoms with Gasteiger partial charge in [0.2, 0.25) is 0 Å². The van der Waals surface area contributed by atoms with Crippen molar-refractivity contribution in [1.82, 2.24) is 14.8 Å². The monoisotopic (exact) mass is 410 g/mol. The first-order valence-electron chi connectivity index (χ1n) is 10.6. The number of rotatable bonds is 4. The summed E-state index contributed by atoms with van der Waals surface area (Å²) in [5.74, 6) is -0.437. The molecule has 4 atom stereocenters. The van der Waals surface area contributed by atoms with Gasteiger partial charge in [0.05, 0.1) is 35.8 Å². The van der Waals surface area contributed by atoms with Gasteiger partial charge in [-0.25, -0.2) is 4.79 Å². The lowest BCUT2D eigenvalue weighted by atomic mass is 9.97. The molecule has 1 aromatic carbocycles. The van der Waals surface area contributed by atoms with Crippen molar-refractivity contribution in [2.24, 2.45) is 0 Å². The summed E-state index contributed by atoms with van der Waals surface area (Å²) in [6, 6.07) is 10.2. The van der Waals surface area contributed by atoms with Gasteiger partial charge in [-0.1, -0.05) is 18.2 Å². The number of amides is 1. The van der Waals surface area contributed by atoms with Crippen LogP contribution < -0.4 is 5.32 Å². The van der Waals surface area contributed by atoms with Gasteiger partial charge >= 0.3 is 6.09 Å². The second kappa shape index (κ2) is 7.60. The van der Waals surface area contributed by atoms with Gasteiger partial charge in [0.15, 0.2) is 0 Å². The van der Waals surface area contributed by atoms with Crippen molar-refractivity contribution in [3.05, 3.63) is 35.5 Å². The molecule has 160 valence electrons. The first kappa shape index (κ1) is 20.7. The third-order valence-electron chi connectivity index (χ3n) is 6.61. The van der Waals surface area contributed by atoms with E-state index in [1.165, 1.54) is 0 Å². The number of hydrogen-bond donors (Lipinski definition) is 2. The highest BCUT2D eigenvalue weighted by molar-refractivity contribution is 5.88. The molecule has 0 saturated carbocycles. The molecule has 7 nitrogen and oxygen atoms in total. The number of likely N-dealkylation sites (tertiary alicyclic amines) is 1. The number of aromatic nitrogens is 1. The molecule has 0 radical (unpaired) electrons. The standard InChI is InChI=1S/C23H30N4O3/c1-14(2)30-22(28)25-17-11-19-21(16(17)12-24)15-7-5-6-8-18(15)27(19)13-20-23(3,29)9-10-26(20)4/h5-8,14,16-17,20,29H,9-11,13H2,1-4H3,(H,25,28). The number of nitrogens with zero attached hydrogens (tertiary/aromatic N) is 3. The number of aliphatic hydroxyl groups is 1. The Morgan fingerprint density at radius 3 is 2.80 bits per heavy atom. The minimum Gasteiger partial charge on any atom is -0.447 e. The zero-order chi connectivity index (χ0) is 21.6. The Morgan fingerprint density at radius 2 is 2.17 bits per heavy atom. The number of ether oxygens (including phenoxy) is 1. The first-order valence-corrected chi connectivity index (χ1v) is 10.6. The summed E-state index contributed by atoms with van der Waals surface area (Å²) < 4.78 is 7.48. The van der Waals surface area contributed by atoms with Crippen molar-refractivity contribution >= 4 is 17.0 Å². The smallest absolute Gasteiger partial charge is 0.407 e. The van der Waals surface area contributed by atoms with Crippen molar-refractivity contribution < 1.29 is 14.6 Å². The number of fused-ring (bicyclic) bond motifs is 3. The molecule has 1 aromatic heterocycles. The van der Waals surface area contributed by atoms with Gasteiger partial charge in [0.25, 0.3) is 0 Å². The number of benzene rings is 1. The largest absolute Gasteiger partial charge is 0.447 e. The zero-order valence-corrected chi connectivity index (χ0v) is 18.1. The number of nitrogens with one attached hydrogen (secondary N) is 1. The van der Waals surface area contributed by atoms with Crippen LogP contribution in [0.3, 0.4) is 0 Å². The van der Waals surface area contributed by atoms with Gasteiger partial charge in [-0.15, -0.1) is 0 Å². The summed E-state index contributed by atoms with van der Waals surface area (Å²) in [5, 5.41) is 24.8. The Morgan fingerprint density at radius 1 is 1.43 bits per heavy atom. The number of alkyl carbamates (subject to hydrolysis) is 1. The van der Waals surface area contributed by atoms with Crippen molar-refractivity contribution in [3.63, 3.8) is 0 Å². The van der Waals surface area contributed by atoms with Gasteiger partial charge in [0, 0.05) is 41.7 Å². The summed E-state index contributed by atoms with van der Waals surface area (Å²) in [6.45, 7) is 7.00. The molecule has 2 aliphatic rings. The Balaban J connectivity index is 1.72. The summed E-state index contributed by atoms with van der Waals surface area (Å²) in [7, 11) is 2.04. The quantitative estimate of drug-likeness (QED) is 0.809. The predicted octanol–water partition coefficient (Wildman–Crippen LogP) is 2.76. The van der Waals surface area contributed by atoms with Gasteiger partial charge < -0.3 is 19.7 Å². The second-order valence-corrected chi connectivity index (χ2v) is 9.11. The topological polar surface area (TPSA) is 90.5 Å². The van der Waals surface area contributed by atoms with E-state index >= 15 is 0 Å². The molecule has 0 bridgehead atoms. The molecule has 7 heteroatoms. The van der Waals surface area contributed by atoms with Gasteiger partial charge in [-0.3, -0.25) is 4.90 Å². The molecule has 2 heterocycles. The minimum atomic E-state index is -0.765. The summed E-state index contributed by atoms with van der Waals surface area (Å²) >= 11 is 0. The van der Waals surface area contributed by atoms with E-state index in [2.05, 4.69) is 26.9 Å². The highest BCUT2D eigenvalue weighted by atomic mass is 16.6. The van der Waals surface area contributed by atoms with Crippen LogP contribution in [0, 0.1) is 11.3 Å². The maximum atomic E-state index is 12.2. The molecule has 4 rings (SSSR count). The van der Waals surface area contributed by atoms with E-state index in [0.29, 0.717) is 13.0 Å². The molecule has 2 aromatic rings. The Bertz CT molecular complexity index is 1000. The van der Waals surface area contributed by atoms with E-state index in [9.17, 15) is 15.2 Å². The fourth-order valence-electron chi connectivity index (χ4n) is 5.08. The fraction of sp³-hybridized carbons (Fsp3) is 0.565. The zero-order valence-electron chi connectivity index (χ0n) is 18.1. The van der Waals surface area contributed by atoms with Crippen molar-refractivity contribution in [2.45, 2.75) is 69.9 Å². The molecule has 4 unspecified atom stereocenters. The van der Waals surface area contributed by atoms with Crippen molar-refractivity contribution in [1.29, 1.82) is 5.26 Å². The number of hydrogen-bond acceptors (Lipinski definition) is 5. The number of likely N-dealkylation sites (N-methyl/N-ethyl adjacent to an activating group) is 1. The van der Waals surface area contributed by atoms with Crippen LogP contribution in [0.2, 0.25) is 0 Å². The van der Waals surface area contributed by atoms with E-state index < -0.39 is 17.6 Å². The minimum absolute atomic E-state index is 0.0177. The average Bonchev–Trinajstić information content (AvgIpc) is 3.26. The summed E-state index contributed by atoms with van der Waals surface area (Å²) in [4.78, 5) is 14.4. The van der Waals surface area contributed by atoms with Crippen LogP contribution in [0.25, 0.3) is 10.9 Å². The maximum Gasteiger partial charge on any atom is 0.407 e. The Labute approximate surface area is 177 Å². The average molecular weight is 411 g/mol. The van der Waals surface area contributed by atoms with Gasteiger partial charge in [0.1, 0.15) is 0 Å². The molecular formula is C23H30N4O3. The lowest BCUT2D eigenvalue weighted by Crippen LogP contribution is -2.44. The van der Waals surface area contributed by atoms with Crippen LogP contribution in [0.4, 0.5) is 4.79 Å². The van der Waals surface area contributed by atoms with Crippen LogP contribution >= 0.6 is 0 Å². The lowest BCUT2D eigenvalue weighted by molar-refractivity contribution is 0.0190. The molecule has 1 saturated heterocycles. The molecular weight excluding hydrogens is 380 g/mol. The molecule has 30 heavy (non-hydrogen) atoms. The highest BCUT2D eigenvalue weighted by Crippen LogP contribution is 2.41. The normalized spacial score (nSPS) is 28.6. The van der Waals surface area contributed by atoms with Crippen LogP contribution in [-0.2, 0) is 17.7 Å². The number of nitriles is 1. The third-order valence-corrected chi connectivity index (χ3v) is 6.61. The number of para-hydroxylation sites is 1. The van der Waals surface area contributed by atoms with E-state index in [0.717, 1.165) is 35.1 Å². The molecule has 1 aliphatic carbocycles. The molecule has 2 N–H and O–H groups in total. The number of carbonyl (C=O) groups is 1.